The van der Waals surface area contributed by atoms with Crippen LogP contribution in [0, 0.1) is 0 Å². The van der Waals surface area contributed by atoms with Gasteiger partial charge in [-0.25, -0.2) is 14.5 Å². The van der Waals surface area contributed by atoms with Gasteiger partial charge < -0.3 is 4.90 Å². The number of nitrogens with zero attached hydrogens (tertiary/aromatic N) is 2. The van der Waals surface area contributed by atoms with Gasteiger partial charge in [-0.3, -0.25) is 4.79 Å². The Kier molecular flexibility index (Phi) is 3.98. The molecule has 0 radical (unpaired) electrons. The maximum atomic E-state index is 11.0. The summed E-state index contributed by atoms with van der Waals surface area (Å²) in [4.78, 5) is 12.8. The van der Waals surface area contributed by atoms with Crippen LogP contribution in [0.1, 0.15) is 13.3 Å². The van der Waals surface area contributed by atoms with E-state index in [1.807, 2.05) is 16.3 Å². The van der Waals surface area contributed by atoms with Gasteiger partial charge in [-0.05, 0) is 6.42 Å². The molecule has 0 aromatic heterocycles. The first-order valence-corrected chi connectivity index (χ1v) is 4.87. The summed E-state index contributed by atoms with van der Waals surface area (Å²) < 4.78 is 6.38. The maximum Gasteiger partial charge on any atom is 0.219 e. The molecule has 1 fully saturated rings. The lowest BCUT2D eigenvalue weighted by Gasteiger charge is -2.20. The van der Waals surface area contributed by atoms with Crippen molar-refractivity contribution in [2.24, 2.45) is 5.90 Å². The molecular formula is C7H15N3O2S. The molecule has 76 valence electrons. The molecule has 0 spiro atoms. The lowest BCUT2D eigenvalue weighted by Crippen LogP contribution is -2.32. The molecule has 0 bridgehead atoms. The second kappa shape index (κ2) is 4.80. The molecule has 1 rings (SSSR count). The van der Waals surface area contributed by atoms with Crippen LogP contribution in [0.25, 0.3) is 0 Å². The number of carbonyl (C=O) groups excluding carboxylic acids is 1. The molecular weight excluding hydrogens is 190 g/mol. The van der Waals surface area contributed by atoms with E-state index in [2.05, 4.69) is 4.28 Å². The van der Waals surface area contributed by atoms with Crippen LogP contribution in [0.2, 0.25) is 0 Å². The van der Waals surface area contributed by atoms with Gasteiger partial charge in [-0.1, -0.05) is 0 Å². The minimum Gasteiger partial charge on any atom is -0.341 e. The van der Waals surface area contributed by atoms with Gasteiger partial charge in [-0.2, -0.15) is 0 Å². The Labute approximate surface area is 82.5 Å². The standard InChI is InChI=1S/C7H15N3O2S/c1-6(11)10-4-3-7(5-10)9(2)13-12-8/h7H,3-5,8H2,1-2H3. The van der Waals surface area contributed by atoms with Gasteiger partial charge >= 0.3 is 0 Å². The van der Waals surface area contributed by atoms with E-state index in [9.17, 15) is 4.79 Å². The first kappa shape index (κ1) is 10.8. The Bertz CT molecular complexity index is 191. The molecule has 5 nitrogen and oxygen atoms in total. The molecule has 0 saturated carbocycles. The van der Waals surface area contributed by atoms with Gasteiger partial charge in [0.05, 0.1) is 0 Å². The van der Waals surface area contributed by atoms with Crippen LogP contribution >= 0.6 is 12.2 Å². The fraction of sp³-hybridized carbons (Fsp3) is 0.857. The van der Waals surface area contributed by atoms with E-state index in [0.717, 1.165) is 31.7 Å². The second-order valence-electron chi connectivity index (χ2n) is 3.12. The highest BCUT2D eigenvalue weighted by atomic mass is 32.2. The molecule has 1 amide bonds. The van der Waals surface area contributed by atoms with Crippen LogP contribution < -0.4 is 5.90 Å². The van der Waals surface area contributed by atoms with Crippen molar-refractivity contribution in [3.8, 4) is 0 Å². The first-order valence-electron chi connectivity index (χ1n) is 4.17. The number of likely N-dealkylation sites (tertiary alicyclic amines) is 1. The Morgan fingerprint density at radius 3 is 2.92 bits per heavy atom. The van der Waals surface area contributed by atoms with Gasteiger partial charge in [0.15, 0.2) is 0 Å². The fourth-order valence-electron chi connectivity index (χ4n) is 1.45. The number of nitrogens with two attached hydrogens (primary N) is 1. The SMILES string of the molecule is CC(=O)N1CCC(N(C)SON)C1. The van der Waals surface area contributed by atoms with E-state index < -0.39 is 0 Å². The summed E-state index contributed by atoms with van der Waals surface area (Å²) in [6, 6.07) is 0.345. The normalized spacial score (nSPS) is 22.8. The summed E-state index contributed by atoms with van der Waals surface area (Å²) in [5, 5.41) is 0. The molecule has 0 aromatic carbocycles. The Hall–Kier alpha value is -0.300. The molecule has 0 aromatic rings. The molecule has 1 saturated heterocycles. The van der Waals surface area contributed by atoms with E-state index in [0.29, 0.717) is 6.04 Å². The lowest BCUT2D eigenvalue weighted by molar-refractivity contribution is -0.127. The van der Waals surface area contributed by atoms with Gasteiger partial charge in [0.25, 0.3) is 0 Å². The highest BCUT2D eigenvalue weighted by Gasteiger charge is 2.27. The Morgan fingerprint density at radius 2 is 2.46 bits per heavy atom. The summed E-state index contributed by atoms with van der Waals surface area (Å²) in [6.45, 7) is 3.19. The van der Waals surface area contributed by atoms with E-state index in [1.165, 1.54) is 0 Å². The van der Waals surface area contributed by atoms with Crippen molar-refractivity contribution in [3.05, 3.63) is 0 Å². The highest BCUT2D eigenvalue weighted by Crippen LogP contribution is 2.19. The van der Waals surface area contributed by atoms with Crippen molar-refractivity contribution in [2.45, 2.75) is 19.4 Å². The van der Waals surface area contributed by atoms with Crippen molar-refractivity contribution < 1.29 is 9.08 Å². The minimum atomic E-state index is 0.134. The van der Waals surface area contributed by atoms with Crippen molar-refractivity contribution in [1.29, 1.82) is 0 Å². The largest absolute Gasteiger partial charge is 0.341 e. The topological polar surface area (TPSA) is 58.8 Å². The van der Waals surface area contributed by atoms with Crippen LogP contribution in [-0.2, 0) is 9.08 Å². The second-order valence-corrected chi connectivity index (χ2v) is 4.04. The molecule has 1 aliphatic rings. The van der Waals surface area contributed by atoms with Crippen LogP contribution in [-0.4, -0.2) is 41.3 Å². The smallest absolute Gasteiger partial charge is 0.219 e. The average molecular weight is 205 g/mol. The summed E-state index contributed by atoms with van der Waals surface area (Å²) in [7, 11) is 1.91. The molecule has 1 unspecified atom stereocenters. The quantitative estimate of drug-likeness (QED) is 0.399. The summed E-state index contributed by atoms with van der Waals surface area (Å²) in [5.41, 5.74) is 0. The van der Waals surface area contributed by atoms with Crippen molar-refractivity contribution in [2.75, 3.05) is 20.1 Å². The zero-order valence-electron chi connectivity index (χ0n) is 7.90. The summed E-state index contributed by atoms with van der Waals surface area (Å²) in [6.07, 6.45) is 0.979. The molecule has 1 aliphatic heterocycles. The minimum absolute atomic E-state index is 0.134. The number of carbonyl (C=O) groups is 1. The van der Waals surface area contributed by atoms with Crippen LogP contribution in [0.3, 0.4) is 0 Å². The zero-order valence-corrected chi connectivity index (χ0v) is 8.71. The number of hydrogen-bond acceptors (Lipinski definition) is 5. The van der Waals surface area contributed by atoms with Gasteiger partial charge in [-0.15, -0.1) is 0 Å². The number of amides is 1. The van der Waals surface area contributed by atoms with Gasteiger partial charge in [0.2, 0.25) is 5.91 Å². The third-order valence-corrected chi connectivity index (χ3v) is 2.90. The summed E-state index contributed by atoms with van der Waals surface area (Å²) in [5.74, 6) is 5.07. The molecule has 2 N–H and O–H groups in total. The first-order chi connectivity index (χ1) is 6.15. The molecule has 0 aliphatic carbocycles. The predicted octanol–water partition coefficient (Wildman–Crippen LogP) is -0.00750. The van der Waals surface area contributed by atoms with Crippen LogP contribution in [0.4, 0.5) is 0 Å². The molecule has 6 heteroatoms. The number of hydrogen-bond donors (Lipinski definition) is 1. The van der Waals surface area contributed by atoms with E-state index in [1.54, 1.807) is 6.92 Å². The van der Waals surface area contributed by atoms with E-state index in [-0.39, 0.29) is 5.91 Å². The lowest BCUT2D eigenvalue weighted by atomic mass is 10.3. The molecule has 1 heterocycles. The monoisotopic (exact) mass is 205 g/mol. The number of likely N-dealkylation sites (N-methyl/N-ethyl adjacent to an activating group) is 1. The average Bonchev–Trinajstić information content (AvgIpc) is 2.52. The van der Waals surface area contributed by atoms with Crippen molar-refractivity contribution in [1.82, 2.24) is 9.21 Å². The van der Waals surface area contributed by atoms with Crippen molar-refractivity contribution >= 4 is 18.1 Å². The highest BCUT2D eigenvalue weighted by molar-refractivity contribution is 7.92. The summed E-state index contributed by atoms with van der Waals surface area (Å²) >= 11 is 1.12. The molecule has 1 atom stereocenters. The van der Waals surface area contributed by atoms with Crippen LogP contribution in [0.5, 0.6) is 0 Å². The third-order valence-electron chi connectivity index (χ3n) is 2.28. The molecule has 13 heavy (non-hydrogen) atoms. The number of rotatable bonds is 3. The zero-order chi connectivity index (χ0) is 9.84. The van der Waals surface area contributed by atoms with Crippen molar-refractivity contribution in [3.63, 3.8) is 0 Å². The van der Waals surface area contributed by atoms with E-state index >= 15 is 0 Å². The maximum absolute atomic E-state index is 11.0. The van der Waals surface area contributed by atoms with Gasteiger partial charge in [0.1, 0.15) is 12.2 Å². The Balaban J connectivity index is 2.35. The van der Waals surface area contributed by atoms with Gasteiger partial charge in [0, 0.05) is 33.1 Å². The van der Waals surface area contributed by atoms with E-state index in [4.69, 9.17) is 5.90 Å². The third kappa shape index (κ3) is 2.84. The Morgan fingerprint density at radius 1 is 1.77 bits per heavy atom. The van der Waals surface area contributed by atoms with Crippen LogP contribution in [0.15, 0.2) is 0 Å². The predicted molar refractivity (Wildman–Crippen MR) is 51.3 cm³/mol. The fourth-order valence-corrected chi connectivity index (χ4v) is 1.88.